The van der Waals surface area contributed by atoms with E-state index in [9.17, 15) is 4.79 Å². The zero-order valence-corrected chi connectivity index (χ0v) is 13.2. The minimum absolute atomic E-state index is 0.424. The number of rotatable bonds is 2. The maximum absolute atomic E-state index is 11.4. The van der Waals surface area contributed by atoms with Crippen LogP contribution in [0.2, 0.25) is 10.0 Å². The minimum atomic E-state index is -0.493. The number of carbonyl (C=O) groups excluding carboxylic acids is 1. The van der Waals surface area contributed by atoms with E-state index in [1.165, 1.54) is 0 Å². The van der Waals surface area contributed by atoms with Crippen molar-refractivity contribution in [2.75, 3.05) is 6.54 Å². The van der Waals surface area contributed by atoms with E-state index in [1.807, 2.05) is 20.8 Å². The van der Waals surface area contributed by atoms with Crippen LogP contribution in [0.15, 0.2) is 18.2 Å². The fraction of sp³-hybridized carbons (Fsp3) is 0.400. The summed E-state index contributed by atoms with van der Waals surface area (Å²) in [6, 6.07) is 5.14. The summed E-state index contributed by atoms with van der Waals surface area (Å²) < 4.78 is 5.10. The van der Waals surface area contributed by atoms with Gasteiger partial charge in [-0.25, -0.2) is 4.79 Å². The number of halogens is 2. The molecule has 0 aliphatic rings. The summed E-state index contributed by atoms with van der Waals surface area (Å²) in [7, 11) is 0. The smallest absolute Gasteiger partial charge is 0.407 e. The Bertz CT molecular complexity index is 539. The van der Waals surface area contributed by atoms with Crippen LogP contribution < -0.4 is 5.32 Å². The third-order valence-electron chi connectivity index (χ3n) is 2.07. The molecule has 0 radical (unpaired) electrons. The molecule has 0 bridgehead atoms. The van der Waals surface area contributed by atoms with Gasteiger partial charge in [-0.15, -0.1) is 0 Å². The highest BCUT2D eigenvalue weighted by molar-refractivity contribution is 6.35. The van der Waals surface area contributed by atoms with Gasteiger partial charge in [0.25, 0.3) is 0 Å². The molecule has 20 heavy (non-hydrogen) atoms. The maximum atomic E-state index is 11.4. The van der Waals surface area contributed by atoms with Crippen molar-refractivity contribution >= 4 is 29.3 Å². The van der Waals surface area contributed by atoms with Crippen LogP contribution in [0.4, 0.5) is 4.79 Å². The summed E-state index contributed by atoms with van der Waals surface area (Å²) in [6.07, 6.45) is 0.0712. The average Bonchev–Trinajstić information content (AvgIpc) is 2.28. The van der Waals surface area contributed by atoms with Gasteiger partial charge in [0.05, 0.1) is 5.02 Å². The van der Waals surface area contributed by atoms with E-state index in [4.69, 9.17) is 27.9 Å². The number of amides is 1. The van der Waals surface area contributed by atoms with E-state index < -0.39 is 11.7 Å². The lowest BCUT2D eigenvalue weighted by molar-refractivity contribution is 0.0529. The number of ether oxygens (including phenoxy) is 1. The second-order valence-electron chi connectivity index (χ2n) is 5.10. The standard InChI is InChI=1S/C15H17Cl2NO2/c1-15(2,3)20-14(19)18-9-5-4-6-11-7-8-12(16)10-13(11)17/h7-8,10H,5,9H2,1-3H3,(H,18,19). The minimum Gasteiger partial charge on any atom is -0.444 e. The van der Waals surface area contributed by atoms with Crippen LogP contribution in [-0.2, 0) is 4.74 Å². The van der Waals surface area contributed by atoms with Crippen molar-refractivity contribution in [1.82, 2.24) is 5.32 Å². The van der Waals surface area contributed by atoms with E-state index in [-0.39, 0.29) is 0 Å². The summed E-state index contributed by atoms with van der Waals surface area (Å²) in [4.78, 5) is 11.4. The van der Waals surface area contributed by atoms with Crippen LogP contribution >= 0.6 is 23.2 Å². The molecular weight excluding hydrogens is 297 g/mol. The summed E-state index contributed by atoms with van der Waals surface area (Å²) in [5.41, 5.74) is 0.223. The molecule has 0 unspecified atom stereocenters. The Kier molecular flexibility index (Phi) is 6.19. The first-order valence-corrected chi connectivity index (χ1v) is 6.94. The van der Waals surface area contributed by atoms with Crippen molar-refractivity contribution in [3.05, 3.63) is 33.8 Å². The lowest BCUT2D eigenvalue weighted by Crippen LogP contribution is -2.32. The fourth-order valence-electron chi connectivity index (χ4n) is 1.29. The molecule has 0 saturated heterocycles. The van der Waals surface area contributed by atoms with Crippen LogP contribution in [0.25, 0.3) is 0 Å². The van der Waals surface area contributed by atoms with Gasteiger partial charge in [-0.05, 0) is 39.0 Å². The summed E-state index contributed by atoms with van der Waals surface area (Å²) >= 11 is 11.8. The molecule has 1 aromatic carbocycles. The Hall–Kier alpha value is -1.37. The largest absolute Gasteiger partial charge is 0.444 e. The number of benzene rings is 1. The zero-order valence-electron chi connectivity index (χ0n) is 11.7. The summed E-state index contributed by atoms with van der Waals surface area (Å²) in [5, 5.41) is 3.73. The van der Waals surface area contributed by atoms with Gasteiger partial charge in [-0.3, -0.25) is 0 Å². The second kappa shape index (κ2) is 7.42. The Morgan fingerprint density at radius 2 is 2.05 bits per heavy atom. The van der Waals surface area contributed by atoms with Gasteiger partial charge in [0.2, 0.25) is 0 Å². The van der Waals surface area contributed by atoms with Crippen LogP contribution in [0.1, 0.15) is 32.8 Å². The van der Waals surface area contributed by atoms with Gasteiger partial charge in [-0.1, -0.05) is 35.0 Å². The van der Waals surface area contributed by atoms with Crippen molar-refractivity contribution < 1.29 is 9.53 Å². The predicted molar refractivity (Wildman–Crippen MR) is 82.2 cm³/mol. The molecule has 0 aliphatic heterocycles. The number of hydrogen-bond acceptors (Lipinski definition) is 2. The molecule has 0 spiro atoms. The SMILES string of the molecule is CC(C)(C)OC(=O)NCCC#Cc1ccc(Cl)cc1Cl. The topological polar surface area (TPSA) is 38.3 Å². The van der Waals surface area contributed by atoms with Gasteiger partial charge in [0.1, 0.15) is 5.60 Å². The Balaban J connectivity index is 2.38. The Morgan fingerprint density at radius 1 is 1.35 bits per heavy atom. The van der Waals surface area contributed by atoms with Gasteiger partial charge in [0, 0.05) is 23.6 Å². The van der Waals surface area contributed by atoms with Gasteiger partial charge >= 0.3 is 6.09 Å². The molecule has 0 heterocycles. The van der Waals surface area contributed by atoms with E-state index in [1.54, 1.807) is 18.2 Å². The Labute approximate surface area is 129 Å². The molecule has 1 rings (SSSR count). The van der Waals surface area contributed by atoms with E-state index in [0.29, 0.717) is 28.6 Å². The maximum Gasteiger partial charge on any atom is 0.407 e. The molecule has 0 aromatic heterocycles. The van der Waals surface area contributed by atoms with E-state index in [2.05, 4.69) is 17.2 Å². The molecule has 0 fully saturated rings. The van der Waals surface area contributed by atoms with Crippen molar-refractivity contribution in [3.8, 4) is 11.8 Å². The van der Waals surface area contributed by atoms with E-state index in [0.717, 1.165) is 0 Å². The molecular formula is C15H17Cl2NO2. The first kappa shape index (κ1) is 16.7. The molecule has 0 saturated carbocycles. The molecule has 0 atom stereocenters. The highest BCUT2D eigenvalue weighted by Crippen LogP contribution is 2.19. The van der Waals surface area contributed by atoms with Gasteiger partial charge in [0.15, 0.2) is 0 Å². The molecule has 108 valence electrons. The van der Waals surface area contributed by atoms with Crippen LogP contribution in [0.5, 0.6) is 0 Å². The zero-order chi connectivity index (χ0) is 15.2. The fourth-order valence-corrected chi connectivity index (χ4v) is 1.75. The molecule has 5 heteroatoms. The first-order valence-electron chi connectivity index (χ1n) is 6.19. The molecule has 3 nitrogen and oxygen atoms in total. The number of alkyl carbamates (subject to hydrolysis) is 1. The molecule has 1 N–H and O–H groups in total. The van der Waals surface area contributed by atoms with Gasteiger partial charge in [-0.2, -0.15) is 0 Å². The second-order valence-corrected chi connectivity index (χ2v) is 5.95. The van der Waals surface area contributed by atoms with Crippen LogP contribution in [-0.4, -0.2) is 18.2 Å². The lowest BCUT2D eigenvalue weighted by atomic mass is 10.2. The predicted octanol–water partition coefficient (Wildman–Crippen LogP) is 4.26. The first-order chi connectivity index (χ1) is 9.28. The van der Waals surface area contributed by atoms with Crippen molar-refractivity contribution in [2.24, 2.45) is 0 Å². The monoisotopic (exact) mass is 313 g/mol. The normalized spacial score (nSPS) is 10.4. The van der Waals surface area contributed by atoms with E-state index >= 15 is 0 Å². The van der Waals surface area contributed by atoms with Crippen LogP contribution in [0, 0.1) is 11.8 Å². The third kappa shape index (κ3) is 6.70. The number of hydrogen-bond donors (Lipinski definition) is 1. The summed E-state index contributed by atoms with van der Waals surface area (Å²) in [6.45, 7) is 5.87. The van der Waals surface area contributed by atoms with Crippen molar-refractivity contribution in [3.63, 3.8) is 0 Å². The Morgan fingerprint density at radius 3 is 2.65 bits per heavy atom. The summed E-state index contributed by atoms with van der Waals surface area (Å²) in [5.74, 6) is 5.86. The molecule has 0 aliphatic carbocycles. The molecule has 1 aromatic rings. The van der Waals surface area contributed by atoms with Crippen LogP contribution in [0.3, 0.4) is 0 Å². The number of nitrogens with one attached hydrogen (secondary N) is 1. The average molecular weight is 314 g/mol. The lowest BCUT2D eigenvalue weighted by Gasteiger charge is -2.19. The molecule has 1 amide bonds. The van der Waals surface area contributed by atoms with Crippen molar-refractivity contribution in [2.45, 2.75) is 32.8 Å². The number of carbonyl (C=O) groups is 1. The van der Waals surface area contributed by atoms with Crippen molar-refractivity contribution in [1.29, 1.82) is 0 Å². The third-order valence-corrected chi connectivity index (χ3v) is 2.62. The highest BCUT2D eigenvalue weighted by atomic mass is 35.5. The van der Waals surface area contributed by atoms with Gasteiger partial charge < -0.3 is 10.1 Å². The highest BCUT2D eigenvalue weighted by Gasteiger charge is 2.15. The quantitative estimate of drug-likeness (QED) is 0.654.